The van der Waals surface area contributed by atoms with Gasteiger partial charge in [-0.2, -0.15) is 0 Å². The minimum atomic E-state index is -3.25. The molecule has 0 radical (unpaired) electrons. The molecule has 6 aliphatic rings. The number of piperidine rings is 4. The number of likely N-dealkylation sites (N-methyl/N-ethyl adjacent to an activating group) is 3. The first-order valence-electron chi connectivity index (χ1n) is 31.0. The van der Waals surface area contributed by atoms with Crippen molar-refractivity contribution in [3.63, 3.8) is 0 Å². The second-order valence-electron chi connectivity index (χ2n) is 23.9. The number of primary amides is 2. The molecule has 0 saturated carbocycles. The van der Waals surface area contributed by atoms with Crippen LogP contribution in [-0.4, -0.2) is 278 Å². The number of hydrogen-bond acceptors (Lipinski definition) is 19. The van der Waals surface area contributed by atoms with E-state index in [4.69, 9.17) is 21.1 Å². The number of sulfonamides is 1. The van der Waals surface area contributed by atoms with E-state index in [1.165, 1.54) is 12.8 Å². The molecular weight excluding hydrogens is 1130 g/mol. The first-order valence-corrected chi connectivity index (χ1v) is 33.6. The largest absolute Gasteiger partial charge is 0.370 e. The molecule has 2 aromatic rings. The van der Waals surface area contributed by atoms with Gasteiger partial charge in [0.15, 0.2) is 0 Å². The topological polar surface area (TPSA) is 302 Å². The van der Waals surface area contributed by atoms with Gasteiger partial charge in [0.2, 0.25) is 33.7 Å². The van der Waals surface area contributed by atoms with Crippen LogP contribution in [0.1, 0.15) is 95.1 Å². The third-order valence-electron chi connectivity index (χ3n) is 16.6. The molecule has 6 amide bonds. The number of nitrogens with zero attached hydrogens (tertiary/aromatic N) is 11. The van der Waals surface area contributed by atoms with E-state index in [1.54, 1.807) is 35.3 Å². The maximum Gasteiger partial charge on any atom is 0.312 e. The van der Waals surface area contributed by atoms with E-state index in [0.717, 1.165) is 174 Å². The smallest absolute Gasteiger partial charge is 0.312 e. The van der Waals surface area contributed by atoms with Gasteiger partial charge in [-0.1, -0.05) is 5.16 Å². The molecule has 0 atom stereocenters. The van der Waals surface area contributed by atoms with Gasteiger partial charge in [-0.3, -0.25) is 34.0 Å². The van der Waals surface area contributed by atoms with Crippen LogP contribution < -0.4 is 32.6 Å². The highest BCUT2D eigenvalue weighted by molar-refractivity contribution is 7.89. The highest BCUT2D eigenvalue weighted by atomic mass is 32.2. The van der Waals surface area contributed by atoms with Crippen molar-refractivity contribution in [1.29, 1.82) is 0 Å². The van der Waals surface area contributed by atoms with Gasteiger partial charge < -0.3 is 66.2 Å². The quantitative estimate of drug-likeness (QED) is 0.116. The summed E-state index contributed by atoms with van der Waals surface area (Å²) >= 11 is 1.58. The van der Waals surface area contributed by atoms with Gasteiger partial charge in [-0.25, -0.2) is 18.4 Å². The number of primary sulfonamides is 1. The van der Waals surface area contributed by atoms with Gasteiger partial charge in [0, 0.05) is 101 Å². The zero-order valence-electron chi connectivity index (χ0n) is 53.1. The number of hydrogen-bond donors (Lipinski definition) is 6. The summed E-state index contributed by atoms with van der Waals surface area (Å²) in [4.78, 5) is 81.5. The SMILES string of the molecule is CCN(CC)C(=O)CN1CCN(C)CC1.CN1CCC(C(=O)NCc2cncs2)CC1.CN1CCC(CC(N)=O)CC1.CN1CCC(CCCS(N)(=O)=O)CC1.CN1CCC(CNC(N)=O)CC1.CN1CCN(CNC(=O)Cc2ccno2)CC1. The highest BCUT2D eigenvalue weighted by Gasteiger charge is 2.24. The normalized spacial score (nSPS) is 19.8. The number of carbonyl (C=O) groups excluding carboxylic acids is 5. The van der Waals surface area contributed by atoms with E-state index in [0.29, 0.717) is 56.1 Å². The first-order chi connectivity index (χ1) is 40.5. The summed E-state index contributed by atoms with van der Waals surface area (Å²) in [5.74, 6) is 3.08. The number of amides is 6. The summed E-state index contributed by atoms with van der Waals surface area (Å²) in [6, 6.07) is 1.30. The van der Waals surface area contributed by atoms with Crippen molar-refractivity contribution in [3.8, 4) is 0 Å². The van der Waals surface area contributed by atoms with E-state index in [1.807, 2.05) is 18.7 Å². The Kier molecular flexibility index (Phi) is 37.4. The number of carbonyl (C=O) groups is 5. The lowest BCUT2D eigenvalue weighted by atomic mass is 9.93. The average Bonchev–Trinajstić information content (AvgIpc) is 4.24. The monoisotopic (exact) mass is 1240 g/mol. The van der Waals surface area contributed by atoms with Crippen LogP contribution in [0.4, 0.5) is 4.79 Å². The molecule has 0 bridgehead atoms. The van der Waals surface area contributed by atoms with Crippen molar-refractivity contribution in [2.45, 2.75) is 97.4 Å². The summed E-state index contributed by atoms with van der Waals surface area (Å²) in [5.41, 5.74) is 11.9. The Labute approximate surface area is 513 Å². The van der Waals surface area contributed by atoms with Crippen LogP contribution in [0.3, 0.4) is 0 Å². The summed E-state index contributed by atoms with van der Waals surface area (Å²) in [6.45, 7) is 25.4. The van der Waals surface area contributed by atoms with Gasteiger partial charge >= 0.3 is 6.03 Å². The average molecular weight is 1240 g/mol. The number of likely N-dealkylation sites (tertiary alicyclic amines) is 4. The second kappa shape index (κ2) is 42.5. The van der Waals surface area contributed by atoms with E-state index in [9.17, 15) is 32.4 Å². The number of rotatable bonds is 19. The molecule has 488 valence electrons. The summed E-state index contributed by atoms with van der Waals surface area (Å²) in [7, 11) is 9.46. The van der Waals surface area contributed by atoms with Crippen LogP contribution in [0.15, 0.2) is 28.5 Å². The predicted molar refractivity (Wildman–Crippen MR) is 338 cm³/mol. The van der Waals surface area contributed by atoms with Crippen molar-refractivity contribution in [1.82, 2.24) is 70.2 Å². The van der Waals surface area contributed by atoms with Crippen LogP contribution in [0.5, 0.6) is 0 Å². The fourth-order valence-electron chi connectivity index (χ4n) is 10.5. The van der Waals surface area contributed by atoms with Gasteiger partial charge in [-0.05, 0) is 190 Å². The molecule has 2 aromatic heterocycles. The van der Waals surface area contributed by atoms with Crippen molar-refractivity contribution in [2.75, 3.05) is 186 Å². The summed E-state index contributed by atoms with van der Waals surface area (Å²) < 4.78 is 26.3. The number of thiazole rings is 1. The van der Waals surface area contributed by atoms with Gasteiger partial charge in [0.25, 0.3) is 0 Å². The fraction of sp³-hybridized carbons (Fsp3) is 0.810. The molecule has 27 heteroatoms. The van der Waals surface area contributed by atoms with Crippen LogP contribution in [-0.2, 0) is 42.2 Å². The van der Waals surface area contributed by atoms with E-state index in [2.05, 4.69) is 108 Å². The molecule has 0 unspecified atom stereocenters. The molecule has 0 aliphatic carbocycles. The minimum Gasteiger partial charge on any atom is -0.370 e. The molecule has 8 heterocycles. The van der Waals surface area contributed by atoms with Crippen molar-refractivity contribution >= 4 is 51.0 Å². The molecule has 85 heavy (non-hydrogen) atoms. The minimum absolute atomic E-state index is 0.0271. The number of nitrogens with two attached hydrogens (primary N) is 3. The Morgan fingerprint density at radius 1 is 0.659 bits per heavy atom. The molecule has 25 nitrogen and oxygen atoms in total. The van der Waals surface area contributed by atoms with Gasteiger partial charge in [0.05, 0.1) is 43.6 Å². The van der Waals surface area contributed by atoms with Crippen molar-refractivity contribution in [3.05, 3.63) is 34.6 Å². The molecule has 6 aliphatic heterocycles. The number of urea groups is 1. The van der Waals surface area contributed by atoms with Crippen LogP contribution in [0, 0.1) is 23.7 Å². The summed E-state index contributed by atoms with van der Waals surface area (Å²) in [5, 5.41) is 17.0. The Morgan fingerprint density at radius 2 is 1.15 bits per heavy atom. The molecule has 8 rings (SSSR count). The van der Waals surface area contributed by atoms with Crippen LogP contribution in [0.25, 0.3) is 0 Å². The molecular formula is C58H111N17O8S2. The maximum absolute atomic E-state index is 11.9. The van der Waals surface area contributed by atoms with Gasteiger partial charge in [-0.15, -0.1) is 11.3 Å². The molecule has 6 saturated heterocycles. The van der Waals surface area contributed by atoms with Crippen molar-refractivity contribution in [2.24, 2.45) is 40.3 Å². The summed E-state index contributed by atoms with van der Waals surface area (Å²) in [6.07, 6.45) is 14.8. The van der Waals surface area contributed by atoms with Crippen LogP contribution in [0.2, 0.25) is 0 Å². The van der Waals surface area contributed by atoms with Crippen LogP contribution >= 0.6 is 11.3 Å². The standard InChI is InChI=1S/C11H18N4O2.C11H17N3OS.C11H23N3O.C9H20N2O2S.C8H17N3O.C8H16N2O/c1-14-4-6-15(7-5-14)9-12-11(16)8-10-2-3-13-17-10;1-14-4-2-9(3-5-14)11(15)13-7-10-6-12-8-16-10;1-4-14(5-2)11(15)10-13-8-6-12(3)7-9-13;1-11-6-4-9(5-7-11)3-2-8-14(10,12)13;1-11-4-2-7(3-5-11)6-10-8(9)12;1-10-4-2-7(3-5-10)6-8(9)11/h2-3H,4-9H2,1H3,(H,12,16);6,8-9H,2-5,7H2,1H3,(H,13,15);4-10H2,1-3H3;9H,2-8H2,1H3,(H2,10,12,13);7H,2-6H2,1H3,(H3,9,10,12);7H,2-6H2,1H3,(H2,9,11). The number of nitrogens with one attached hydrogen (secondary N) is 3. The second-order valence-corrected chi connectivity index (χ2v) is 26.6. The van der Waals surface area contributed by atoms with Crippen molar-refractivity contribution < 1.29 is 36.9 Å². The maximum atomic E-state index is 11.9. The molecule has 9 N–H and O–H groups in total. The highest BCUT2D eigenvalue weighted by Crippen LogP contribution is 2.22. The Bertz CT molecular complexity index is 2200. The number of aromatic nitrogens is 2. The lowest BCUT2D eigenvalue weighted by Crippen LogP contribution is -2.48. The molecule has 6 fully saturated rings. The lowest BCUT2D eigenvalue weighted by molar-refractivity contribution is -0.132. The van der Waals surface area contributed by atoms with Gasteiger partial charge in [0.1, 0.15) is 5.76 Å². The van der Waals surface area contributed by atoms with E-state index in [-0.39, 0.29) is 41.7 Å². The molecule has 0 aromatic carbocycles. The Morgan fingerprint density at radius 3 is 1.61 bits per heavy atom. The lowest BCUT2D eigenvalue weighted by Gasteiger charge is -2.33. The third-order valence-corrected chi connectivity index (χ3v) is 18.3. The predicted octanol–water partition coefficient (Wildman–Crippen LogP) is 1.34. The Hall–Kier alpha value is -4.42. The zero-order chi connectivity index (χ0) is 62.6. The first kappa shape index (κ1) is 74.8. The van der Waals surface area contributed by atoms with E-state index >= 15 is 0 Å². The third kappa shape index (κ3) is 35.9. The molecule has 0 spiro atoms. The number of piperazine rings is 2. The Balaban J connectivity index is 0.000000269. The fourth-order valence-corrected chi connectivity index (χ4v) is 11.6. The zero-order valence-corrected chi connectivity index (χ0v) is 54.7. The van der Waals surface area contributed by atoms with E-state index < -0.39 is 16.1 Å².